The molecule has 4 heterocycles. The lowest BCUT2D eigenvalue weighted by molar-refractivity contribution is 0.0910. The fourth-order valence-electron chi connectivity index (χ4n) is 10.4. The molecule has 4 aliphatic rings. The van der Waals surface area contributed by atoms with Crippen molar-refractivity contribution >= 4 is 81.6 Å². The van der Waals surface area contributed by atoms with Gasteiger partial charge < -0.3 is 9.47 Å². The van der Waals surface area contributed by atoms with Crippen LogP contribution in [-0.4, -0.2) is 58.8 Å². The second kappa shape index (κ2) is 21.5. The maximum Gasteiger partial charge on any atom is 0.266 e. The molecule has 9 aromatic rings. The highest BCUT2D eigenvalue weighted by Gasteiger charge is 2.41. The summed E-state index contributed by atoms with van der Waals surface area (Å²) in [6.07, 6.45) is 10.9. The molecule has 0 aliphatic carbocycles. The Bertz CT molecular complexity index is 4680. The van der Waals surface area contributed by atoms with Gasteiger partial charge in [0.05, 0.1) is 67.3 Å². The van der Waals surface area contributed by atoms with Crippen molar-refractivity contribution in [2.75, 3.05) is 19.6 Å². The molecule has 86 heavy (non-hydrogen) atoms. The fourth-order valence-corrected chi connectivity index (χ4v) is 10.4. The number of ether oxygens (including phenoxy) is 2. The minimum Gasteiger partial charge on any atom is -0.457 e. The van der Waals surface area contributed by atoms with Gasteiger partial charge in [-0.2, -0.15) is 0 Å². The van der Waals surface area contributed by atoms with Crippen LogP contribution in [0.5, 0.6) is 23.0 Å². The van der Waals surface area contributed by atoms with Gasteiger partial charge in [0.15, 0.2) is 11.6 Å². The van der Waals surface area contributed by atoms with E-state index in [0.717, 1.165) is 20.3 Å². The van der Waals surface area contributed by atoms with E-state index in [4.69, 9.17) is 22.3 Å². The monoisotopic (exact) mass is 1130 g/mol. The Morgan fingerprint density at radius 3 is 1.02 bits per heavy atom. The Kier molecular flexibility index (Phi) is 13.5. The molecule has 0 unspecified atom stereocenters. The Balaban J connectivity index is 0.000000305. The summed E-state index contributed by atoms with van der Waals surface area (Å²) in [4.78, 5) is 136. The Morgan fingerprint density at radius 1 is 0.337 bits per heavy atom. The summed E-state index contributed by atoms with van der Waals surface area (Å²) in [6, 6.07) is 50.7. The molecular formula is C70H40N4O12. The molecule has 0 bridgehead atoms. The van der Waals surface area contributed by atoms with E-state index in [1.54, 1.807) is 127 Å². The third-order valence-corrected chi connectivity index (χ3v) is 14.6. The molecule has 0 saturated heterocycles. The van der Waals surface area contributed by atoms with Gasteiger partial charge >= 0.3 is 0 Å². The first-order valence-corrected chi connectivity index (χ1v) is 26.4. The van der Waals surface area contributed by atoms with Gasteiger partial charge in [-0.1, -0.05) is 72.0 Å². The predicted octanol–water partition coefficient (Wildman–Crippen LogP) is 11.9. The highest BCUT2D eigenvalue weighted by molar-refractivity contribution is 6.37. The molecule has 16 heteroatoms. The molecule has 8 amide bonds. The van der Waals surface area contributed by atoms with Gasteiger partial charge in [0, 0.05) is 46.0 Å². The number of hydrogen-bond donors (Lipinski definition) is 0. The summed E-state index contributed by atoms with van der Waals surface area (Å²) in [5, 5.41) is 0. The van der Waals surface area contributed by atoms with E-state index in [2.05, 4.69) is 11.8 Å². The summed E-state index contributed by atoms with van der Waals surface area (Å²) in [7, 11) is 0. The molecular weight excluding hydrogens is 1090 g/mol. The van der Waals surface area contributed by atoms with Gasteiger partial charge in [0.2, 0.25) is 0 Å². The average molecular weight is 1130 g/mol. The van der Waals surface area contributed by atoms with E-state index in [1.165, 1.54) is 72.5 Å². The van der Waals surface area contributed by atoms with Gasteiger partial charge in [-0.15, -0.1) is 12.8 Å². The molecule has 0 fully saturated rings. The van der Waals surface area contributed by atoms with Crippen LogP contribution in [0.2, 0.25) is 0 Å². The minimum absolute atomic E-state index is 0.00296. The molecule has 13 rings (SSSR count). The summed E-state index contributed by atoms with van der Waals surface area (Å²) in [5.41, 5.74) is 5.33. The van der Waals surface area contributed by atoms with Crippen molar-refractivity contribution in [2.24, 2.45) is 0 Å². The maximum atomic E-state index is 13.9. The van der Waals surface area contributed by atoms with Crippen molar-refractivity contribution in [3.8, 4) is 47.7 Å². The fraction of sp³-hybridized carbons (Fsp3) is 0.0286. The van der Waals surface area contributed by atoms with E-state index in [1.807, 2.05) is 13.0 Å². The molecule has 0 N–H and O–H groups in total. The summed E-state index contributed by atoms with van der Waals surface area (Å²) < 4.78 is 12.2. The van der Waals surface area contributed by atoms with Crippen LogP contribution in [0.1, 0.15) is 133 Å². The molecule has 0 atom stereocenters. The second-order valence-corrected chi connectivity index (χ2v) is 20.1. The number of carbonyl (C=O) groups is 10. The third-order valence-electron chi connectivity index (χ3n) is 14.6. The topological polar surface area (TPSA) is 202 Å². The van der Waals surface area contributed by atoms with Crippen LogP contribution in [0.4, 0.5) is 22.7 Å². The van der Waals surface area contributed by atoms with Crippen LogP contribution in [0.15, 0.2) is 194 Å². The Morgan fingerprint density at radius 2 is 0.640 bits per heavy atom. The third kappa shape index (κ3) is 9.52. The number of anilines is 4. The molecule has 0 saturated carbocycles. The normalized spacial score (nSPS) is 13.6. The van der Waals surface area contributed by atoms with E-state index in [-0.39, 0.29) is 79.2 Å². The zero-order valence-electron chi connectivity index (χ0n) is 45.3. The molecule has 0 spiro atoms. The smallest absolute Gasteiger partial charge is 0.266 e. The van der Waals surface area contributed by atoms with Crippen LogP contribution in [0.3, 0.4) is 0 Å². The average Bonchev–Trinajstić information content (AvgIpc) is 2.11. The van der Waals surface area contributed by atoms with Crippen molar-refractivity contribution in [1.29, 1.82) is 0 Å². The van der Waals surface area contributed by atoms with Crippen LogP contribution in [-0.2, 0) is 0 Å². The molecule has 16 nitrogen and oxygen atoms in total. The summed E-state index contributed by atoms with van der Waals surface area (Å²) >= 11 is 0. The number of carbonyl (C=O) groups excluding carboxylic acids is 10. The highest BCUT2D eigenvalue weighted by Crippen LogP contribution is 2.38. The zero-order valence-corrected chi connectivity index (χ0v) is 45.3. The number of benzene rings is 9. The number of ketones is 2. The largest absolute Gasteiger partial charge is 0.457 e. The maximum absolute atomic E-state index is 13.9. The number of amides is 8. The number of nitrogens with zero attached hydrogens (tertiary/aromatic N) is 4. The highest BCUT2D eigenvalue weighted by atomic mass is 16.5. The van der Waals surface area contributed by atoms with Crippen molar-refractivity contribution in [3.05, 3.63) is 272 Å². The van der Waals surface area contributed by atoms with E-state index >= 15 is 0 Å². The second-order valence-electron chi connectivity index (χ2n) is 20.1. The first-order chi connectivity index (χ1) is 41.5. The van der Waals surface area contributed by atoms with Crippen LogP contribution in [0, 0.1) is 31.6 Å². The Hall–Kier alpha value is -12.4. The van der Waals surface area contributed by atoms with E-state index in [9.17, 15) is 47.9 Å². The first kappa shape index (κ1) is 54.2. The van der Waals surface area contributed by atoms with Crippen LogP contribution >= 0.6 is 0 Å². The predicted molar refractivity (Wildman–Crippen MR) is 317 cm³/mol. The summed E-state index contributed by atoms with van der Waals surface area (Å²) in [5.74, 6) is 1.38. The standard InChI is InChI=1S/C53H29N3O10.C17H11NO2/c1-3-30-8-4-9-34(22-30)54-48(59)42-20-17-32(24-45(42)52(54)63)47(58)33-18-21-43-46(25-33)53(64)56(50(43)61)36-11-6-13-38(27-36)66-40-15-7-14-39(28-40)65-37-12-5-10-35(26-37)55-49(60)41-19-16-31(29(2)57)23-44(41)51(55)62;1-3-12-5-4-6-13(10-12)18-16(19)14-8-7-11(2)9-15(14)17(18)20/h1,4-28H,2H3;1,4-10H,2H3. The lowest BCUT2D eigenvalue weighted by Crippen LogP contribution is -2.29. The van der Waals surface area contributed by atoms with Crippen molar-refractivity contribution in [1.82, 2.24) is 0 Å². The van der Waals surface area contributed by atoms with Gasteiger partial charge in [0.1, 0.15) is 23.0 Å². The number of terminal acetylenes is 2. The number of aryl methyl sites for hydroxylation is 1. The number of rotatable bonds is 11. The van der Waals surface area contributed by atoms with E-state index in [0.29, 0.717) is 56.4 Å². The summed E-state index contributed by atoms with van der Waals surface area (Å²) in [6.45, 7) is 3.27. The van der Waals surface area contributed by atoms with Crippen molar-refractivity contribution in [3.63, 3.8) is 0 Å². The molecule has 412 valence electrons. The SMILES string of the molecule is C#Cc1cccc(N2C(=O)c3ccc(C(=O)c4ccc5c(c4)C(=O)N(c4cccc(Oc6cccc(Oc7cccc(N8C(=O)c9ccc(C(C)=O)cc9C8=O)c7)c6)c4)C5=O)cc3C2=O)c1.C#Cc1cccc(N2C(=O)c3ccc(C)cc3C2=O)c1. The Labute approximate surface area is 490 Å². The van der Waals surface area contributed by atoms with Crippen molar-refractivity contribution in [2.45, 2.75) is 13.8 Å². The first-order valence-electron chi connectivity index (χ1n) is 26.4. The van der Waals surface area contributed by atoms with E-state index < -0.39 is 41.2 Å². The molecule has 0 radical (unpaired) electrons. The van der Waals surface area contributed by atoms with Crippen LogP contribution < -0.4 is 29.1 Å². The number of hydrogen-bond acceptors (Lipinski definition) is 12. The van der Waals surface area contributed by atoms with Gasteiger partial charge in [-0.3, -0.25) is 47.9 Å². The molecule has 9 aromatic carbocycles. The van der Waals surface area contributed by atoms with Gasteiger partial charge in [-0.05, 0) is 135 Å². The van der Waals surface area contributed by atoms with Crippen LogP contribution in [0.25, 0.3) is 0 Å². The molecule has 4 aliphatic heterocycles. The molecule has 0 aromatic heterocycles. The van der Waals surface area contributed by atoms with Crippen molar-refractivity contribution < 1.29 is 57.4 Å². The number of imide groups is 4. The quantitative estimate of drug-likeness (QED) is 0.0674. The number of Topliss-reactive ketones (excluding diaryl/α,β-unsaturated/α-hetero) is 1. The minimum atomic E-state index is -0.666. The van der Waals surface area contributed by atoms with Gasteiger partial charge in [0.25, 0.3) is 47.3 Å². The lowest BCUT2D eigenvalue weighted by atomic mass is 9.96. The lowest BCUT2D eigenvalue weighted by Gasteiger charge is -2.16. The van der Waals surface area contributed by atoms with Gasteiger partial charge in [-0.25, -0.2) is 19.6 Å². The number of fused-ring (bicyclic) bond motifs is 4. The zero-order chi connectivity index (χ0) is 60.2.